The van der Waals surface area contributed by atoms with Crippen molar-refractivity contribution in [2.45, 2.75) is 26.2 Å². The third-order valence-corrected chi connectivity index (χ3v) is 2.64. The van der Waals surface area contributed by atoms with Crippen molar-refractivity contribution in [3.63, 3.8) is 0 Å². The number of nitrogens with one attached hydrogen (secondary N) is 1. The van der Waals surface area contributed by atoms with Gasteiger partial charge >= 0.3 is 0 Å². The minimum atomic E-state index is -0.506. The van der Waals surface area contributed by atoms with E-state index in [0.717, 1.165) is 30.5 Å². The number of hydrogen-bond donors (Lipinski definition) is 1. The average Bonchev–Trinajstić information content (AvgIpc) is 2.53. The highest BCUT2D eigenvalue weighted by atomic mass is 16.2. The van der Waals surface area contributed by atoms with Crippen molar-refractivity contribution in [1.82, 2.24) is 0 Å². The molecule has 0 bridgehead atoms. The topological polar surface area (TPSA) is 46.2 Å². The van der Waals surface area contributed by atoms with Crippen LogP contribution in [0.3, 0.4) is 0 Å². The summed E-state index contributed by atoms with van der Waals surface area (Å²) in [7, 11) is 0. The fourth-order valence-electron chi connectivity index (χ4n) is 1.81. The number of hydrogen-bond acceptors (Lipinski definition) is 2. The first kappa shape index (κ1) is 9.90. The normalized spacial score (nSPS) is 13.9. The maximum atomic E-state index is 11.4. The second-order valence-electron chi connectivity index (χ2n) is 3.73. The number of carbonyl (C=O) groups is 2. The van der Waals surface area contributed by atoms with Gasteiger partial charge in [0.15, 0.2) is 0 Å². The minimum Gasteiger partial charge on any atom is -0.318 e. The zero-order chi connectivity index (χ0) is 10.8. The molecule has 0 unspecified atom stereocenters. The number of Topliss-reactive ketones (excluding diaryl/α,β-unsaturated/α-hetero) is 1. The minimum absolute atomic E-state index is 0.414. The van der Waals surface area contributed by atoms with Gasteiger partial charge in [0, 0.05) is 0 Å². The second-order valence-corrected chi connectivity index (χ2v) is 3.73. The summed E-state index contributed by atoms with van der Waals surface area (Å²) in [6.07, 6.45) is 3.08. The molecular formula is C12H13NO2. The average molecular weight is 203 g/mol. The number of aryl methyl sites for hydroxylation is 1. The summed E-state index contributed by atoms with van der Waals surface area (Å²) in [5.74, 6) is -0.919. The van der Waals surface area contributed by atoms with Crippen LogP contribution in [0, 0.1) is 0 Å². The number of fused-ring (bicyclic) bond motifs is 1. The van der Waals surface area contributed by atoms with Crippen LogP contribution >= 0.6 is 0 Å². The lowest BCUT2D eigenvalue weighted by atomic mass is 10.0. The predicted molar refractivity (Wildman–Crippen MR) is 58.0 cm³/mol. The number of benzene rings is 1. The van der Waals surface area contributed by atoms with Crippen molar-refractivity contribution in [2.24, 2.45) is 0 Å². The summed E-state index contributed by atoms with van der Waals surface area (Å²) in [5.41, 5.74) is 2.31. The smallest absolute Gasteiger partial charge is 0.296 e. The van der Waals surface area contributed by atoms with Crippen LogP contribution in [-0.2, 0) is 11.2 Å². The second kappa shape index (κ2) is 3.85. The lowest BCUT2D eigenvalue weighted by molar-refractivity contribution is -0.112. The Morgan fingerprint density at radius 2 is 2.07 bits per heavy atom. The summed E-state index contributed by atoms with van der Waals surface area (Å²) in [5, 5.41) is 2.64. The van der Waals surface area contributed by atoms with Gasteiger partial charge in [-0.2, -0.15) is 0 Å². The van der Waals surface area contributed by atoms with E-state index in [1.54, 1.807) is 6.07 Å². The summed E-state index contributed by atoms with van der Waals surface area (Å²) >= 11 is 0. The molecule has 0 fully saturated rings. The number of carbonyl (C=O) groups excluding carboxylic acids is 2. The van der Waals surface area contributed by atoms with Crippen LogP contribution in [0.15, 0.2) is 18.2 Å². The van der Waals surface area contributed by atoms with Crippen molar-refractivity contribution in [3.8, 4) is 0 Å². The summed E-state index contributed by atoms with van der Waals surface area (Å²) in [6.45, 7) is 2.12. The molecule has 0 aliphatic carbocycles. The maximum Gasteiger partial charge on any atom is 0.296 e. The summed E-state index contributed by atoms with van der Waals surface area (Å²) in [6, 6.07) is 5.50. The molecule has 0 aromatic heterocycles. The van der Waals surface area contributed by atoms with E-state index in [0.29, 0.717) is 5.56 Å². The van der Waals surface area contributed by atoms with E-state index >= 15 is 0 Å². The van der Waals surface area contributed by atoms with Gasteiger partial charge in [-0.15, -0.1) is 0 Å². The zero-order valence-corrected chi connectivity index (χ0v) is 8.67. The summed E-state index contributed by atoms with van der Waals surface area (Å²) in [4.78, 5) is 22.6. The lowest BCUT2D eigenvalue weighted by Gasteiger charge is -2.05. The number of ketones is 1. The molecular weight excluding hydrogens is 190 g/mol. The fourth-order valence-corrected chi connectivity index (χ4v) is 1.81. The fraction of sp³-hybridized carbons (Fsp3) is 0.333. The largest absolute Gasteiger partial charge is 0.318 e. The Labute approximate surface area is 88.5 Å². The Morgan fingerprint density at radius 1 is 1.27 bits per heavy atom. The van der Waals surface area contributed by atoms with Gasteiger partial charge in [-0.05, 0) is 24.5 Å². The number of anilines is 1. The number of amides is 1. The molecule has 2 rings (SSSR count). The quantitative estimate of drug-likeness (QED) is 0.765. The summed E-state index contributed by atoms with van der Waals surface area (Å²) < 4.78 is 0. The van der Waals surface area contributed by atoms with E-state index in [1.807, 2.05) is 12.1 Å². The van der Waals surface area contributed by atoms with Gasteiger partial charge in [0.25, 0.3) is 11.7 Å². The predicted octanol–water partition coefficient (Wildman–Crippen LogP) is 2.16. The molecule has 15 heavy (non-hydrogen) atoms. The first-order valence-electron chi connectivity index (χ1n) is 5.21. The Bertz CT molecular complexity index is 424. The number of rotatable bonds is 3. The van der Waals surface area contributed by atoms with Crippen molar-refractivity contribution >= 4 is 17.4 Å². The van der Waals surface area contributed by atoms with Crippen LogP contribution in [0.5, 0.6) is 0 Å². The van der Waals surface area contributed by atoms with E-state index < -0.39 is 11.7 Å². The first-order valence-corrected chi connectivity index (χ1v) is 5.21. The van der Waals surface area contributed by atoms with E-state index in [-0.39, 0.29) is 0 Å². The van der Waals surface area contributed by atoms with Crippen molar-refractivity contribution in [2.75, 3.05) is 5.32 Å². The molecule has 1 aliphatic rings. The van der Waals surface area contributed by atoms with E-state index in [1.165, 1.54) is 0 Å². The van der Waals surface area contributed by atoms with Gasteiger partial charge in [-0.1, -0.05) is 25.5 Å². The standard InChI is InChI=1S/C12H13NO2/c1-2-3-5-8-6-4-7-9-10(8)13-12(15)11(9)14/h4,6-7H,2-3,5H2,1H3,(H,13,14,15). The highest BCUT2D eigenvalue weighted by Gasteiger charge is 2.29. The molecule has 1 heterocycles. The van der Waals surface area contributed by atoms with Gasteiger partial charge in [0.05, 0.1) is 11.3 Å². The maximum absolute atomic E-state index is 11.4. The van der Waals surface area contributed by atoms with Crippen LogP contribution in [0.1, 0.15) is 35.7 Å². The molecule has 1 aromatic carbocycles. The SMILES string of the molecule is CCCCc1cccc2c1NC(=O)C2=O. The van der Waals surface area contributed by atoms with Gasteiger partial charge in [-0.3, -0.25) is 9.59 Å². The van der Waals surface area contributed by atoms with Gasteiger partial charge in [0.2, 0.25) is 0 Å². The highest BCUT2D eigenvalue weighted by Crippen LogP contribution is 2.28. The molecule has 1 N–H and O–H groups in total. The van der Waals surface area contributed by atoms with Crippen LogP contribution < -0.4 is 5.32 Å². The van der Waals surface area contributed by atoms with Crippen LogP contribution in [-0.4, -0.2) is 11.7 Å². The Kier molecular flexibility index (Phi) is 2.54. The van der Waals surface area contributed by atoms with Crippen molar-refractivity contribution < 1.29 is 9.59 Å². The lowest BCUT2D eigenvalue weighted by Crippen LogP contribution is -2.12. The van der Waals surface area contributed by atoms with Gasteiger partial charge in [-0.25, -0.2) is 0 Å². The number of para-hydroxylation sites is 1. The Hall–Kier alpha value is -1.64. The van der Waals surface area contributed by atoms with Crippen LogP contribution in [0.2, 0.25) is 0 Å². The Morgan fingerprint density at radius 3 is 2.80 bits per heavy atom. The molecule has 3 heteroatoms. The molecule has 0 atom stereocenters. The van der Waals surface area contributed by atoms with E-state index in [4.69, 9.17) is 0 Å². The first-order chi connectivity index (χ1) is 7.24. The monoisotopic (exact) mass is 203 g/mol. The molecule has 0 saturated heterocycles. The third kappa shape index (κ3) is 1.65. The molecule has 1 aliphatic heterocycles. The molecule has 0 spiro atoms. The van der Waals surface area contributed by atoms with Gasteiger partial charge in [0.1, 0.15) is 0 Å². The van der Waals surface area contributed by atoms with Crippen molar-refractivity contribution in [1.29, 1.82) is 0 Å². The molecule has 1 aromatic rings. The molecule has 78 valence electrons. The Balaban J connectivity index is 2.36. The molecule has 1 amide bonds. The van der Waals surface area contributed by atoms with Crippen LogP contribution in [0.25, 0.3) is 0 Å². The van der Waals surface area contributed by atoms with E-state index in [2.05, 4.69) is 12.2 Å². The molecule has 0 saturated carbocycles. The zero-order valence-electron chi connectivity index (χ0n) is 8.67. The van der Waals surface area contributed by atoms with Gasteiger partial charge < -0.3 is 5.32 Å². The third-order valence-electron chi connectivity index (χ3n) is 2.64. The molecule has 0 radical (unpaired) electrons. The number of unbranched alkanes of at least 4 members (excludes halogenated alkanes) is 1. The van der Waals surface area contributed by atoms with Crippen molar-refractivity contribution in [3.05, 3.63) is 29.3 Å². The highest BCUT2D eigenvalue weighted by molar-refractivity contribution is 6.51. The van der Waals surface area contributed by atoms with E-state index in [9.17, 15) is 9.59 Å². The van der Waals surface area contributed by atoms with Crippen LogP contribution in [0.4, 0.5) is 5.69 Å². The molecule has 3 nitrogen and oxygen atoms in total.